The summed E-state index contributed by atoms with van der Waals surface area (Å²) in [4.78, 5) is 0.0899. The first kappa shape index (κ1) is 22.4. The van der Waals surface area contributed by atoms with Gasteiger partial charge in [-0.15, -0.1) is 0 Å². The van der Waals surface area contributed by atoms with E-state index in [1.807, 2.05) is 42.5 Å². The van der Waals surface area contributed by atoms with E-state index in [0.29, 0.717) is 20.8 Å². The van der Waals surface area contributed by atoms with Gasteiger partial charge in [-0.1, -0.05) is 59.6 Å². The predicted molar refractivity (Wildman–Crippen MR) is 138 cm³/mol. The average Bonchev–Trinajstić information content (AvgIpc) is 2.73. The number of rotatable bonds is 5. The number of hydrogen-bond donors (Lipinski definition) is 3. The summed E-state index contributed by atoms with van der Waals surface area (Å²) < 4.78 is 27.8. The lowest BCUT2D eigenvalue weighted by Gasteiger charge is -2.13. The molecule has 9 heteroatoms. The molecule has 0 spiro atoms. The van der Waals surface area contributed by atoms with E-state index in [4.69, 9.17) is 35.4 Å². The molecule has 0 unspecified atom stereocenters. The second kappa shape index (κ2) is 9.34. The summed E-state index contributed by atoms with van der Waals surface area (Å²) in [6.45, 7) is 0. The van der Waals surface area contributed by atoms with Gasteiger partial charge in [-0.2, -0.15) is 0 Å². The maximum absolute atomic E-state index is 12.7. The molecule has 32 heavy (non-hydrogen) atoms. The van der Waals surface area contributed by atoms with E-state index in [1.165, 1.54) is 30.3 Å². The third kappa shape index (κ3) is 5.31. The standard InChI is InChI=1S/C23H17Cl2N3O2S2/c24-16-12-17(25)14-19(13-16)28-32(29,30)20-10-8-18(9-11-20)26-23(31)27-22-7-3-5-15-4-1-2-6-21(15)22/h1-14,28H,(H2,26,27,31). The van der Waals surface area contributed by atoms with E-state index in [2.05, 4.69) is 15.4 Å². The lowest BCUT2D eigenvalue weighted by molar-refractivity contribution is 0.601. The van der Waals surface area contributed by atoms with Crippen LogP contribution in [0.5, 0.6) is 0 Å². The number of nitrogens with one attached hydrogen (secondary N) is 3. The number of anilines is 3. The average molecular weight is 502 g/mol. The van der Waals surface area contributed by atoms with Crippen LogP contribution in [0.1, 0.15) is 0 Å². The molecule has 0 saturated heterocycles. The monoisotopic (exact) mass is 501 g/mol. The molecular formula is C23H17Cl2N3O2S2. The number of halogens is 2. The molecule has 0 aliphatic rings. The molecule has 0 bridgehead atoms. The first-order chi connectivity index (χ1) is 15.3. The second-order valence-electron chi connectivity index (χ2n) is 6.89. The van der Waals surface area contributed by atoms with E-state index < -0.39 is 10.0 Å². The highest BCUT2D eigenvalue weighted by molar-refractivity contribution is 7.92. The maximum atomic E-state index is 12.7. The molecule has 162 valence electrons. The fourth-order valence-corrected chi connectivity index (χ4v) is 4.96. The summed E-state index contributed by atoms with van der Waals surface area (Å²) in [5, 5.41) is 9.47. The van der Waals surface area contributed by atoms with E-state index in [9.17, 15) is 8.42 Å². The van der Waals surface area contributed by atoms with E-state index in [1.54, 1.807) is 12.1 Å². The molecule has 0 saturated carbocycles. The van der Waals surface area contributed by atoms with Gasteiger partial charge in [0.05, 0.1) is 10.6 Å². The molecule has 0 fully saturated rings. The fourth-order valence-electron chi connectivity index (χ4n) is 3.16. The van der Waals surface area contributed by atoms with Gasteiger partial charge in [-0.25, -0.2) is 8.42 Å². The van der Waals surface area contributed by atoms with Crippen molar-refractivity contribution in [2.24, 2.45) is 0 Å². The molecule has 0 aliphatic heterocycles. The minimum atomic E-state index is -3.81. The topological polar surface area (TPSA) is 70.2 Å². The normalized spacial score (nSPS) is 11.2. The summed E-state index contributed by atoms with van der Waals surface area (Å²) in [5.41, 5.74) is 1.81. The van der Waals surface area contributed by atoms with Crippen molar-refractivity contribution in [3.8, 4) is 0 Å². The summed E-state index contributed by atoms with van der Waals surface area (Å²) in [7, 11) is -3.81. The van der Waals surface area contributed by atoms with Gasteiger partial charge in [0.1, 0.15) is 0 Å². The molecule has 0 aliphatic carbocycles. The third-order valence-corrected chi connectivity index (χ3v) is 6.61. The molecule has 4 aromatic rings. The zero-order valence-corrected chi connectivity index (χ0v) is 19.6. The number of fused-ring (bicyclic) bond motifs is 1. The largest absolute Gasteiger partial charge is 0.332 e. The molecule has 0 radical (unpaired) electrons. The van der Waals surface area contributed by atoms with E-state index >= 15 is 0 Å². The van der Waals surface area contributed by atoms with Crippen LogP contribution in [0.25, 0.3) is 10.8 Å². The molecule has 5 nitrogen and oxygen atoms in total. The van der Waals surface area contributed by atoms with Crippen molar-refractivity contribution in [1.82, 2.24) is 0 Å². The Morgan fingerprint density at radius 1 is 0.750 bits per heavy atom. The second-order valence-corrected chi connectivity index (χ2v) is 9.86. The van der Waals surface area contributed by atoms with Crippen LogP contribution >= 0.6 is 35.4 Å². The number of sulfonamides is 1. The van der Waals surface area contributed by atoms with Crippen LogP contribution in [0.4, 0.5) is 17.1 Å². The number of thiocarbonyl (C=S) groups is 1. The molecule has 4 aromatic carbocycles. The van der Waals surface area contributed by atoms with E-state index in [0.717, 1.165) is 16.5 Å². The molecule has 0 atom stereocenters. The van der Waals surface area contributed by atoms with Crippen molar-refractivity contribution in [1.29, 1.82) is 0 Å². The Labute approximate surface area is 201 Å². The van der Waals surface area contributed by atoms with Crippen LogP contribution in [0, 0.1) is 0 Å². The Hall–Kier alpha value is -2.84. The molecular weight excluding hydrogens is 485 g/mol. The van der Waals surface area contributed by atoms with Crippen molar-refractivity contribution in [3.05, 3.63) is 95.0 Å². The van der Waals surface area contributed by atoms with Crippen LogP contribution in [-0.4, -0.2) is 13.5 Å². The molecule has 0 heterocycles. The Bertz CT molecular complexity index is 1380. The first-order valence-corrected chi connectivity index (χ1v) is 12.1. The van der Waals surface area contributed by atoms with Gasteiger partial charge in [-0.3, -0.25) is 4.72 Å². The SMILES string of the molecule is O=S(=O)(Nc1cc(Cl)cc(Cl)c1)c1ccc(NC(=S)Nc2cccc3ccccc23)cc1. The van der Waals surface area contributed by atoms with Gasteiger partial charge in [0.2, 0.25) is 0 Å². The molecule has 3 N–H and O–H groups in total. The van der Waals surface area contributed by atoms with Crippen molar-refractivity contribution in [3.63, 3.8) is 0 Å². The quantitative estimate of drug-likeness (QED) is 0.263. The minimum Gasteiger partial charge on any atom is -0.332 e. The highest BCUT2D eigenvalue weighted by Crippen LogP contribution is 2.26. The molecule has 0 aromatic heterocycles. The van der Waals surface area contributed by atoms with Crippen LogP contribution in [0.3, 0.4) is 0 Å². The van der Waals surface area contributed by atoms with Gasteiger partial charge in [0.15, 0.2) is 5.11 Å². The lowest BCUT2D eigenvalue weighted by atomic mass is 10.1. The van der Waals surface area contributed by atoms with Gasteiger partial charge in [0.25, 0.3) is 10.0 Å². The minimum absolute atomic E-state index is 0.0899. The number of hydrogen-bond acceptors (Lipinski definition) is 3. The van der Waals surface area contributed by atoms with Gasteiger partial charge < -0.3 is 10.6 Å². The van der Waals surface area contributed by atoms with Crippen molar-refractivity contribution < 1.29 is 8.42 Å². The van der Waals surface area contributed by atoms with Crippen LogP contribution in [0.15, 0.2) is 89.8 Å². The summed E-state index contributed by atoms with van der Waals surface area (Å²) in [6.07, 6.45) is 0. The van der Waals surface area contributed by atoms with Crippen molar-refractivity contribution in [2.75, 3.05) is 15.4 Å². The lowest BCUT2D eigenvalue weighted by Crippen LogP contribution is -2.19. The highest BCUT2D eigenvalue weighted by Gasteiger charge is 2.15. The van der Waals surface area contributed by atoms with Crippen LogP contribution in [-0.2, 0) is 10.0 Å². The highest BCUT2D eigenvalue weighted by atomic mass is 35.5. The summed E-state index contributed by atoms with van der Waals surface area (Å²) in [5.74, 6) is 0. The van der Waals surface area contributed by atoms with Crippen LogP contribution < -0.4 is 15.4 Å². The summed E-state index contributed by atoms with van der Waals surface area (Å²) >= 11 is 17.3. The Morgan fingerprint density at radius 3 is 2.12 bits per heavy atom. The maximum Gasteiger partial charge on any atom is 0.261 e. The van der Waals surface area contributed by atoms with Gasteiger partial charge in [0, 0.05) is 26.8 Å². The Balaban J connectivity index is 1.45. The third-order valence-electron chi connectivity index (χ3n) is 4.58. The van der Waals surface area contributed by atoms with Gasteiger partial charge >= 0.3 is 0 Å². The van der Waals surface area contributed by atoms with Crippen LogP contribution in [0.2, 0.25) is 10.0 Å². The molecule has 0 amide bonds. The predicted octanol–water partition coefficient (Wildman–Crippen LogP) is 6.76. The van der Waals surface area contributed by atoms with Crippen molar-refractivity contribution in [2.45, 2.75) is 4.90 Å². The smallest absolute Gasteiger partial charge is 0.261 e. The number of benzene rings is 4. The first-order valence-electron chi connectivity index (χ1n) is 9.45. The van der Waals surface area contributed by atoms with Gasteiger partial charge in [-0.05, 0) is 66.1 Å². The molecule has 4 rings (SSSR count). The summed E-state index contributed by atoms with van der Waals surface area (Å²) in [6, 6.07) is 24.6. The fraction of sp³-hybridized carbons (Fsp3) is 0. The Kier molecular flexibility index (Phi) is 6.53. The zero-order chi connectivity index (χ0) is 22.7. The van der Waals surface area contributed by atoms with E-state index in [-0.39, 0.29) is 10.6 Å². The zero-order valence-electron chi connectivity index (χ0n) is 16.5. The van der Waals surface area contributed by atoms with Crippen molar-refractivity contribution >= 4 is 78.4 Å². The Morgan fingerprint density at radius 2 is 1.41 bits per heavy atom.